The largest absolute Gasteiger partial charge is 0.304 e. The second kappa shape index (κ2) is 3.68. The van der Waals surface area contributed by atoms with Crippen molar-refractivity contribution in [3.05, 3.63) is 0 Å². The van der Waals surface area contributed by atoms with E-state index in [2.05, 4.69) is 16.8 Å². The van der Waals surface area contributed by atoms with Gasteiger partial charge in [-0.3, -0.25) is 4.90 Å². The van der Waals surface area contributed by atoms with E-state index < -0.39 is 0 Å². The number of rotatable bonds is 2. The lowest BCUT2D eigenvalue weighted by atomic mass is 10.3. The maximum Gasteiger partial charge on any atom is 0.133 e. The van der Waals surface area contributed by atoms with Gasteiger partial charge in [0.25, 0.3) is 0 Å². The molecule has 3 nitrogen and oxygen atoms in total. The molecule has 1 rings (SSSR count). The van der Waals surface area contributed by atoms with Crippen molar-refractivity contribution in [3.8, 4) is 0 Å². The maximum absolute atomic E-state index is 10.1. The first-order valence-electron chi connectivity index (χ1n) is 3.67. The topological polar surface area (TPSA) is 23.6 Å². The summed E-state index contributed by atoms with van der Waals surface area (Å²) in [6.45, 7) is 4.86. The average Bonchev–Trinajstić information content (AvgIpc) is 1.95. The summed E-state index contributed by atoms with van der Waals surface area (Å²) in [4.78, 5) is 14.6. The van der Waals surface area contributed by atoms with Gasteiger partial charge in [0, 0.05) is 26.2 Å². The summed E-state index contributed by atoms with van der Waals surface area (Å²) in [5, 5.41) is 0. The third-order valence-electron chi connectivity index (χ3n) is 1.93. The molecule has 1 aliphatic heterocycles. The van der Waals surface area contributed by atoms with Gasteiger partial charge in [-0.2, -0.15) is 0 Å². The van der Waals surface area contributed by atoms with E-state index in [-0.39, 0.29) is 0 Å². The molecule has 0 aromatic carbocycles. The Bertz CT molecular complexity index is 108. The lowest BCUT2D eigenvalue weighted by Crippen LogP contribution is -2.44. The van der Waals surface area contributed by atoms with Crippen LogP contribution in [0.15, 0.2) is 0 Å². The molecule has 10 heavy (non-hydrogen) atoms. The number of hydrogen-bond acceptors (Lipinski definition) is 3. The van der Waals surface area contributed by atoms with Crippen LogP contribution in [-0.2, 0) is 4.79 Å². The molecular weight excluding hydrogens is 128 g/mol. The van der Waals surface area contributed by atoms with Crippen molar-refractivity contribution >= 4 is 6.29 Å². The van der Waals surface area contributed by atoms with E-state index in [1.54, 1.807) is 0 Å². The second-order valence-corrected chi connectivity index (χ2v) is 2.77. The van der Waals surface area contributed by atoms with Crippen LogP contribution >= 0.6 is 0 Å². The molecule has 0 atom stereocenters. The van der Waals surface area contributed by atoms with Gasteiger partial charge >= 0.3 is 0 Å². The van der Waals surface area contributed by atoms with Gasteiger partial charge in [0.05, 0.1) is 6.54 Å². The van der Waals surface area contributed by atoms with Crippen LogP contribution in [0.1, 0.15) is 0 Å². The van der Waals surface area contributed by atoms with Crippen molar-refractivity contribution in [2.75, 3.05) is 39.8 Å². The highest BCUT2D eigenvalue weighted by atomic mass is 16.1. The number of carbonyl (C=O) groups is 1. The lowest BCUT2D eigenvalue weighted by molar-refractivity contribution is -0.109. The van der Waals surface area contributed by atoms with Crippen LogP contribution in [0, 0.1) is 0 Å². The van der Waals surface area contributed by atoms with E-state index in [1.807, 2.05) is 0 Å². The average molecular weight is 142 g/mol. The Kier molecular flexibility index (Phi) is 2.83. The van der Waals surface area contributed by atoms with Crippen molar-refractivity contribution in [1.82, 2.24) is 9.80 Å². The molecule has 0 aromatic rings. The molecular formula is C7H14N2O. The van der Waals surface area contributed by atoms with Crippen molar-refractivity contribution in [1.29, 1.82) is 0 Å². The Labute approximate surface area is 61.6 Å². The normalized spacial score (nSPS) is 22.9. The molecule has 0 spiro atoms. The van der Waals surface area contributed by atoms with Gasteiger partial charge in [0.1, 0.15) is 6.29 Å². The van der Waals surface area contributed by atoms with Gasteiger partial charge in [-0.05, 0) is 7.05 Å². The summed E-state index contributed by atoms with van der Waals surface area (Å²) in [5.41, 5.74) is 0. The fourth-order valence-corrected chi connectivity index (χ4v) is 1.14. The van der Waals surface area contributed by atoms with E-state index in [9.17, 15) is 4.79 Å². The predicted molar refractivity (Wildman–Crippen MR) is 40.0 cm³/mol. The molecule has 1 heterocycles. The van der Waals surface area contributed by atoms with Crippen molar-refractivity contribution in [2.24, 2.45) is 0 Å². The number of carbonyl (C=O) groups excluding carboxylic acids is 1. The molecule has 0 amide bonds. The van der Waals surface area contributed by atoms with Gasteiger partial charge in [-0.1, -0.05) is 0 Å². The fraction of sp³-hybridized carbons (Fsp3) is 0.857. The van der Waals surface area contributed by atoms with Gasteiger partial charge < -0.3 is 9.69 Å². The first-order valence-corrected chi connectivity index (χ1v) is 3.67. The Morgan fingerprint density at radius 3 is 2.40 bits per heavy atom. The summed E-state index contributed by atoms with van der Waals surface area (Å²) in [5.74, 6) is 0. The van der Waals surface area contributed by atoms with E-state index in [0.717, 1.165) is 32.5 Å². The molecule has 1 fully saturated rings. The summed E-state index contributed by atoms with van der Waals surface area (Å²) in [6, 6.07) is 0. The molecule has 0 saturated carbocycles. The second-order valence-electron chi connectivity index (χ2n) is 2.77. The molecule has 0 aliphatic carbocycles. The zero-order chi connectivity index (χ0) is 7.40. The minimum Gasteiger partial charge on any atom is -0.304 e. The monoisotopic (exact) mass is 142 g/mol. The molecule has 0 aromatic heterocycles. The van der Waals surface area contributed by atoms with E-state index in [0.29, 0.717) is 6.54 Å². The van der Waals surface area contributed by atoms with Gasteiger partial charge in [0.2, 0.25) is 0 Å². The molecule has 3 heteroatoms. The van der Waals surface area contributed by atoms with Gasteiger partial charge in [0.15, 0.2) is 0 Å². The minimum atomic E-state index is 0.605. The number of likely N-dealkylation sites (N-methyl/N-ethyl adjacent to an activating group) is 1. The van der Waals surface area contributed by atoms with E-state index in [1.165, 1.54) is 0 Å². The predicted octanol–water partition coefficient (Wildman–Crippen LogP) is -0.567. The van der Waals surface area contributed by atoms with Gasteiger partial charge in [-0.25, -0.2) is 0 Å². The van der Waals surface area contributed by atoms with E-state index >= 15 is 0 Å². The molecule has 0 N–H and O–H groups in total. The van der Waals surface area contributed by atoms with Crippen LogP contribution in [0.3, 0.4) is 0 Å². The van der Waals surface area contributed by atoms with Gasteiger partial charge in [-0.15, -0.1) is 0 Å². The quantitative estimate of drug-likeness (QED) is 0.482. The van der Waals surface area contributed by atoms with Crippen LogP contribution in [0.25, 0.3) is 0 Å². The summed E-state index contributed by atoms with van der Waals surface area (Å²) in [7, 11) is 2.11. The van der Waals surface area contributed by atoms with Crippen molar-refractivity contribution < 1.29 is 4.79 Å². The molecule has 0 radical (unpaired) electrons. The van der Waals surface area contributed by atoms with Crippen LogP contribution in [0.2, 0.25) is 0 Å². The van der Waals surface area contributed by atoms with Crippen molar-refractivity contribution in [2.45, 2.75) is 0 Å². The Morgan fingerprint density at radius 2 is 1.90 bits per heavy atom. The van der Waals surface area contributed by atoms with Crippen LogP contribution in [0.5, 0.6) is 0 Å². The zero-order valence-corrected chi connectivity index (χ0v) is 6.42. The molecule has 1 aliphatic rings. The Morgan fingerprint density at radius 1 is 1.30 bits per heavy atom. The Balaban J connectivity index is 2.19. The van der Waals surface area contributed by atoms with Crippen molar-refractivity contribution in [3.63, 3.8) is 0 Å². The summed E-state index contributed by atoms with van der Waals surface area (Å²) < 4.78 is 0. The molecule has 58 valence electrons. The van der Waals surface area contributed by atoms with E-state index in [4.69, 9.17) is 0 Å². The molecule has 1 saturated heterocycles. The molecule has 0 unspecified atom stereocenters. The molecule has 0 bridgehead atoms. The first kappa shape index (κ1) is 7.69. The smallest absolute Gasteiger partial charge is 0.133 e. The summed E-state index contributed by atoms with van der Waals surface area (Å²) >= 11 is 0. The lowest BCUT2D eigenvalue weighted by Gasteiger charge is -2.30. The first-order chi connectivity index (χ1) is 4.83. The third-order valence-corrected chi connectivity index (χ3v) is 1.93. The zero-order valence-electron chi connectivity index (χ0n) is 6.42. The summed E-state index contributed by atoms with van der Waals surface area (Å²) in [6.07, 6.45) is 0.978. The van der Waals surface area contributed by atoms with Crippen LogP contribution in [-0.4, -0.2) is 55.9 Å². The minimum absolute atomic E-state index is 0.605. The highest BCUT2D eigenvalue weighted by Crippen LogP contribution is 1.96. The number of hydrogen-bond donors (Lipinski definition) is 0. The van der Waals surface area contributed by atoms with Crippen LogP contribution < -0.4 is 0 Å². The third kappa shape index (κ3) is 2.08. The number of nitrogens with zero attached hydrogens (tertiary/aromatic N) is 2. The maximum atomic E-state index is 10.1. The highest BCUT2D eigenvalue weighted by molar-refractivity contribution is 5.51. The standard InChI is InChI=1S/C7H14N2O/c1-8-2-4-9(5-3-8)6-7-10/h7H,2-6H2,1H3. The highest BCUT2D eigenvalue weighted by Gasteiger charge is 2.11. The fourth-order valence-electron chi connectivity index (χ4n) is 1.14. The van der Waals surface area contributed by atoms with Crippen LogP contribution in [0.4, 0.5) is 0 Å². The number of piperazine rings is 1. The SMILES string of the molecule is CN1CCN(CC=O)CC1. The Hall–Kier alpha value is -0.410. The number of aldehydes is 1.